The quantitative estimate of drug-likeness (QED) is 0.168. The Bertz CT molecular complexity index is 1510. The summed E-state index contributed by atoms with van der Waals surface area (Å²) >= 11 is 7.38. The van der Waals surface area contributed by atoms with Crippen molar-refractivity contribution in [1.82, 2.24) is 4.98 Å². The third kappa shape index (κ3) is 5.77. The highest BCUT2D eigenvalue weighted by Gasteiger charge is 2.49. The minimum atomic E-state index is -0.740. The molecule has 1 saturated heterocycles. The maximum absolute atomic E-state index is 13.5. The van der Waals surface area contributed by atoms with E-state index < -0.39 is 11.4 Å². The maximum Gasteiger partial charge on any atom is 0.243 e. The van der Waals surface area contributed by atoms with E-state index in [1.54, 1.807) is 53.7 Å². The van der Waals surface area contributed by atoms with Gasteiger partial charge in [-0.3, -0.25) is 14.6 Å². The van der Waals surface area contributed by atoms with Gasteiger partial charge >= 0.3 is 0 Å². The summed E-state index contributed by atoms with van der Waals surface area (Å²) in [5.74, 6) is 0.368. The fraction of sp³-hybridized carbons (Fsp3) is 0.219. The van der Waals surface area contributed by atoms with Crippen LogP contribution in [-0.2, 0) is 4.79 Å². The number of phenolic OH excluding ortho intramolecular Hbond substituents is 1. The van der Waals surface area contributed by atoms with Crippen LogP contribution in [0.2, 0.25) is 5.02 Å². The molecule has 0 saturated carbocycles. The van der Waals surface area contributed by atoms with Crippen LogP contribution in [0.25, 0.3) is 11.1 Å². The number of aliphatic hydroxyl groups excluding tert-OH is 1. The van der Waals surface area contributed by atoms with Crippen LogP contribution in [0.4, 0.5) is 5.69 Å². The summed E-state index contributed by atoms with van der Waals surface area (Å²) in [5, 5.41) is 20.7. The van der Waals surface area contributed by atoms with Gasteiger partial charge in [0.25, 0.3) is 0 Å². The summed E-state index contributed by atoms with van der Waals surface area (Å²) in [6, 6.07) is 23.1. The Balaban J connectivity index is 1.37. The zero-order valence-electron chi connectivity index (χ0n) is 22.1. The predicted octanol–water partition coefficient (Wildman–Crippen LogP) is 6.87. The lowest BCUT2D eigenvalue weighted by molar-refractivity contribution is -0.123. The first-order valence-corrected chi connectivity index (χ1v) is 14.4. The van der Waals surface area contributed by atoms with Crippen LogP contribution in [-0.4, -0.2) is 37.9 Å². The number of β-lactam (4-membered cyclic amide) rings is 1. The number of benzene rings is 3. The van der Waals surface area contributed by atoms with Crippen LogP contribution in [0.1, 0.15) is 47.5 Å². The molecule has 1 fully saturated rings. The van der Waals surface area contributed by atoms with Crippen molar-refractivity contribution in [3.8, 4) is 16.9 Å². The minimum absolute atomic E-state index is 0.0404. The van der Waals surface area contributed by atoms with Gasteiger partial charge < -0.3 is 15.1 Å². The summed E-state index contributed by atoms with van der Waals surface area (Å²) in [4.78, 5) is 31.9. The third-order valence-electron chi connectivity index (χ3n) is 6.99. The second kappa shape index (κ2) is 11.8. The number of ketones is 1. The molecule has 40 heavy (non-hydrogen) atoms. The van der Waals surface area contributed by atoms with Gasteiger partial charge in [0, 0.05) is 45.9 Å². The van der Waals surface area contributed by atoms with Crippen LogP contribution in [0, 0.1) is 5.92 Å². The molecular weight excluding hydrogens is 544 g/mol. The number of anilines is 1. The average Bonchev–Trinajstić information content (AvgIpc) is 2.96. The summed E-state index contributed by atoms with van der Waals surface area (Å²) < 4.78 is 0. The zero-order chi connectivity index (χ0) is 28.4. The molecule has 2 N–H and O–H groups in total. The highest BCUT2D eigenvalue weighted by molar-refractivity contribution is 8.00. The van der Waals surface area contributed by atoms with E-state index in [-0.39, 0.29) is 29.4 Å². The molecule has 4 aromatic rings. The molecule has 0 bridgehead atoms. The van der Waals surface area contributed by atoms with Gasteiger partial charge in [0.15, 0.2) is 5.78 Å². The van der Waals surface area contributed by atoms with Gasteiger partial charge in [-0.25, -0.2) is 0 Å². The van der Waals surface area contributed by atoms with E-state index in [0.29, 0.717) is 16.3 Å². The maximum atomic E-state index is 13.5. The molecule has 5 rings (SSSR count). The lowest BCUT2D eigenvalue weighted by Crippen LogP contribution is -2.57. The number of rotatable bonds is 9. The Hall–Kier alpha value is -3.65. The molecule has 2 heterocycles. The number of pyridine rings is 1. The van der Waals surface area contributed by atoms with E-state index in [9.17, 15) is 19.8 Å². The van der Waals surface area contributed by atoms with Gasteiger partial charge in [-0.05, 0) is 59.2 Å². The number of hydrogen-bond donors (Lipinski definition) is 2. The number of aromatic hydroxyl groups is 1. The van der Waals surface area contributed by atoms with Crippen molar-refractivity contribution in [2.75, 3.05) is 10.7 Å². The van der Waals surface area contributed by atoms with Crippen molar-refractivity contribution in [2.24, 2.45) is 5.92 Å². The summed E-state index contributed by atoms with van der Waals surface area (Å²) in [6.07, 6.45) is 2.57. The summed E-state index contributed by atoms with van der Waals surface area (Å²) in [6.45, 7) is 3.73. The molecule has 1 aromatic heterocycles. The molecule has 3 atom stereocenters. The molecule has 8 heteroatoms. The number of carbonyl (C=O) groups excluding carboxylic acids is 2. The van der Waals surface area contributed by atoms with Gasteiger partial charge in [-0.1, -0.05) is 61.8 Å². The second-order valence-corrected chi connectivity index (χ2v) is 11.7. The van der Waals surface area contributed by atoms with E-state index in [4.69, 9.17) is 11.6 Å². The van der Waals surface area contributed by atoms with Crippen LogP contribution in [0.5, 0.6) is 5.75 Å². The molecule has 0 aliphatic carbocycles. The predicted molar refractivity (Wildman–Crippen MR) is 160 cm³/mol. The molecule has 0 unspecified atom stereocenters. The lowest BCUT2D eigenvalue weighted by atomic mass is 9.91. The zero-order valence-corrected chi connectivity index (χ0v) is 23.6. The number of aromatic nitrogens is 1. The summed E-state index contributed by atoms with van der Waals surface area (Å²) in [7, 11) is 0. The third-order valence-corrected chi connectivity index (χ3v) is 8.57. The highest BCUT2D eigenvalue weighted by Crippen LogP contribution is 2.46. The van der Waals surface area contributed by atoms with E-state index >= 15 is 0 Å². The van der Waals surface area contributed by atoms with Crippen LogP contribution >= 0.6 is 23.4 Å². The van der Waals surface area contributed by atoms with Crippen molar-refractivity contribution >= 4 is 40.7 Å². The van der Waals surface area contributed by atoms with E-state index in [1.807, 2.05) is 56.3 Å². The van der Waals surface area contributed by atoms with Gasteiger partial charge in [0.2, 0.25) is 5.91 Å². The monoisotopic (exact) mass is 572 g/mol. The van der Waals surface area contributed by atoms with Crippen molar-refractivity contribution < 1.29 is 19.8 Å². The number of carbonyl (C=O) groups is 2. The van der Waals surface area contributed by atoms with E-state index in [1.165, 1.54) is 11.8 Å². The smallest absolute Gasteiger partial charge is 0.243 e. The first kappa shape index (κ1) is 27.9. The number of halogens is 1. The standard InChI is InChI=1S/C32H29ClN2O4S/c1-19(2)30(38)24-15-23(16-34-17-24)20-5-11-26(12-6-20)35-29(22-7-13-27(36)14-8-22)31(32(35)39)40-18-28(37)21-3-9-25(33)10-4-21/h3-17,19,28-29,31,36-37H,18H2,1-2H3/t28-,29+,31+/m0/s1. The first-order valence-electron chi connectivity index (χ1n) is 13.0. The Labute approximate surface area is 242 Å². The Morgan fingerprint density at radius 3 is 2.30 bits per heavy atom. The van der Waals surface area contributed by atoms with Crippen LogP contribution < -0.4 is 4.90 Å². The Morgan fingerprint density at radius 2 is 1.65 bits per heavy atom. The van der Waals surface area contributed by atoms with Gasteiger partial charge in [-0.2, -0.15) is 0 Å². The number of phenols is 1. The summed E-state index contributed by atoms with van der Waals surface area (Å²) in [5.41, 5.74) is 4.66. The fourth-order valence-electron chi connectivity index (χ4n) is 4.76. The largest absolute Gasteiger partial charge is 0.508 e. The number of aliphatic hydroxyl groups is 1. The van der Waals surface area contributed by atoms with Crippen molar-refractivity contribution in [1.29, 1.82) is 0 Å². The number of amides is 1. The molecule has 1 aliphatic rings. The molecule has 204 valence electrons. The fourth-order valence-corrected chi connectivity index (χ4v) is 6.19. The highest BCUT2D eigenvalue weighted by atomic mass is 35.5. The molecule has 0 spiro atoms. The molecular formula is C32H29ClN2O4S. The van der Waals surface area contributed by atoms with E-state index in [0.717, 1.165) is 27.9 Å². The molecule has 1 aliphatic heterocycles. The molecule has 6 nitrogen and oxygen atoms in total. The first-order chi connectivity index (χ1) is 19.2. The van der Waals surface area contributed by atoms with Gasteiger partial charge in [-0.15, -0.1) is 11.8 Å². The average molecular weight is 573 g/mol. The van der Waals surface area contributed by atoms with E-state index in [2.05, 4.69) is 4.98 Å². The number of nitrogens with zero attached hydrogens (tertiary/aromatic N) is 2. The normalized spacial score (nSPS) is 17.5. The van der Waals surface area contributed by atoms with Crippen molar-refractivity contribution in [2.45, 2.75) is 31.2 Å². The second-order valence-electron chi connectivity index (χ2n) is 10.1. The van der Waals surface area contributed by atoms with Gasteiger partial charge in [0.1, 0.15) is 11.0 Å². The minimum Gasteiger partial charge on any atom is -0.508 e. The number of Topliss-reactive ketones (excluding diaryl/α,β-unsaturated/α-hetero) is 1. The topological polar surface area (TPSA) is 90.7 Å². The molecule has 3 aromatic carbocycles. The number of hydrogen-bond acceptors (Lipinski definition) is 6. The lowest BCUT2D eigenvalue weighted by Gasteiger charge is -2.47. The van der Waals surface area contributed by atoms with Crippen LogP contribution in [0.15, 0.2) is 91.3 Å². The number of thioether (sulfide) groups is 1. The molecule has 0 radical (unpaired) electrons. The van der Waals surface area contributed by atoms with Gasteiger partial charge in [0.05, 0.1) is 12.1 Å². The molecule has 1 amide bonds. The van der Waals surface area contributed by atoms with Crippen LogP contribution in [0.3, 0.4) is 0 Å². The van der Waals surface area contributed by atoms with Crippen molar-refractivity contribution in [3.05, 3.63) is 113 Å². The Kier molecular flexibility index (Phi) is 8.26. The Morgan fingerprint density at radius 1 is 0.975 bits per heavy atom. The SMILES string of the molecule is CC(C)C(=O)c1cncc(-c2ccc(N3C(=O)[C@H](SC[C@H](O)c4ccc(Cl)cc4)[C@H]3c3ccc(O)cc3)cc2)c1. The van der Waals surface area contributed by atoms with Crippen molar-refractivity contribution in [3.63, 3.8) is 0 Å².